The van der Waals surface area contributed by atoms with E-state index in [0.717, 1.165) is 32.2 Å². The second kappa shape index (κ2) is 9.58. The van der Waals surface area contributed by atoms with Crippen molar-refractivity contribution in [2.75, 3.05) is 19.7 Å². The molecule has 1 saturated heterocycles. The van der Waals surface area contributed by atoms with Crippen molar-refractivity contribution in [1.82, 2.24) is 19.8 Å². The lowest BCUT2D eigenvalue weighted by atomic mass is 9.87. The van der Waals surface area contributed by atoms with Gasteiger partial charge in [-0.15, -0.1) is 0 Å². The number of carbonyl (C=O) groups is 1. The molecule has 3 heterocycles. The van der Waals surface area contributed by atoms with Crippen molar-refractivity contribution in [2.45, 2.75) is 71.2 Å². The van der Waals surface area contributed by atoms with E-state index in [0.29, 0.717) is 36.6 Å². The molecule has 0 radical (unpaired) electrons. The van der Waals surface area contributed by atoms with Crippen LogP contribution < -0.4 is 10.9 Å². The summed E-state index contributed by atoms with van der Waals surface area (Å²) < 4.78 is 7.23. The summed E-state index contributed by atoms with van der Waals surface area (Å²) in [6, 6.07) is 3.68. The third-order valence-corrected chi connectivity index (χ3v) is 6.92. The van der Waals surface area contributed by atoms with Gasteiger partial charge in [0.25, 0.3) is 11.5 Å². The van der Waals surface area contributed by atoms with Crippen LogP contribution in [0.4, 0.5) is 0 Å². The van der Waals surface area contributed by atoms with Gasteiger partial charge in [-0.3, -0.25) is 19.1 Å². The second-order valence-electron chi connectivity index (χ2n) is 9.47. The van der Waals surface area contributed by atoms with Gasteiger partial charge >= 0.3 is 0 Å². The van der Waals surface area contributed by atoms with Crippen molar-refractivity contribution < 1.29 is 14.6 Å². The topological polar surface area (TPSA) is 96.7 Å². The zero-order chi connectivity index (χ0) is 22.8. The van der Waals surface area contributed by atoms with Crippen molar-refractivity contribution >= 4 is 16.9 Å². The first-order valence-electron chi connectivity index (χ1n) is 11.7. The molecule has 1 aliphatic carbocycles. The molecule has 1 aliphatic heterocycles. The van der Waals surface area contributed by atoms with Crippen molar-refractivity contribution in [3.63, 3.8) is 0 Å². The van der Waals surface area contributed by atoms with Crippen LogP contribution in [-0.2, 0) is 11.3 Å². The van der Waals surface area contributed by atoms with Crippen molar-refractivity contribution in [3.05, 3.63) is 34.2 Å². The fraction of sp³-hybridized carbons (Fsp3) is 0.625. The number of amides is 1. The van der Waals surface area contributed by atoms with E-state index in [9.17, 15) is 14.7 Å². The van der Waals surface area contributed by atoms with Crippen LogP contribution in [0.2, 0.25) is 0 Å². The molecule has 174 valence electrons. The Morgan fingerprint density at radius 3 is 2.72 bits per heavy atom. The number of morpholine rings is 1. The fourth-order valence-corrected chi connectivity index (χ4v) is 4.85. The van der Waals surface area contributed by atoms with E-state index in [1.54, 1.807) is 18.3 Å². The zero-order valence-corrected chi connectivity index (χ0v) is 19.2. The van der Waals surface area contributed by atoms with Gasteiger partial charge in [0.1, 0.15) is 17.0 Å². The molecule has 0 bridgehead atoms. The molecule has 8 heteroatoms. The molecule has 4 rings (SSSR count). The minimum Gasteiger partial charge on any atom is -0.506 e. The Labute approximate surface area is 188 Å². The van der Waals surface area contributed by atoms with E-state index >= 15 is 0 Å². The van der Waals surface area contributed by atoms with Gasteiger partial charge in [0.15, 0.2) is 0 Å². The molecule has 2 N–H and O–H groups in total. The first kappa shape index (κ1) is 22.7. The highest BCUT2D eigenvalue weighted by atomic mass is 16.5. The highest BCUT2D eigenvalue weighted by Crippen LogP contribution is 2.27. The number of pyridine rings is 2. The lowest BCUT2D eigenvalue weighted by molar-refractivity contribution is -0.0501. The van der Waals surface area contributed by atoms with Gasteiger partial charge in [0.05, 0.1) is 18.1 Å². The Morgan fingerprint density at radius 2 is 1.97 bits per heavy atom. The first-order valence-corrected chi connectivity index (χ1v) is 11.7. The predicted molar refractivity (Wildman–Crippen MR) is 123 cm³/mol. The average molecular weight is 443 g/mol. The van der Waals surface area contributed by atoms with Gasteiger partial charge in [0, 0.05) is 37.9 Å². The van der Waals surface area contributed by atoms with Gasteiger partial charge in [-0.1, -0.05) is 6.92 Å². The second-order valence-corrected chi connectivity index (χ2v) is 9.47. The van der Waals surface area contributed by atoms with Crippen molar-refractivity contribution in [1.29, 1.82) is 0 Å². The van der Waals surface area contributed by atoms with Crippen LogP contribution in [0.5, 0.6) is 5.75 Å². The number of aromatic hydroxyl groups is 1. The molecule has 2 aromatic rings. The van der Waals surface area contributed by atoms with Crippen molar-refractivity contribution in [3.8, 4) is 5.75 Å². The molecular formula is C24H34N4O4. The smallest absolute Gasteiger partial charge is 0.268 e. The normalized spacial score (nSPS) is 26.8. The Morgan fingerprint density at radius 1 is 1.22 bits per heavy atom. The summed E-state index contributed by atoms with van der Waals surface area (Å²) >= 11 is 0. The molecule has 2 aliphatic rings. The number of nitrogens with zero attached hydrogens (tertiary/aromatic N) is 3. The van der Waals surface area contributed by atoms with E-state index in [4.69, 9.17) is 4.74 Å². The Hall–Kier alpha value is -2.45. The lowest BCUT2D eigenvalue weighted by Crippen LogP contribution is -2.49. The molecule has 2 aromatic heterocycles. The number of nitrogens with one attached hydrogen (secondary N) is 1. The minimum absolute atomic E-state index is 0.0335. The van der Waals surface area contributed by atoms with E-state index in [1.807, 2.05) is 6.92 Å². The molecule has 32 heavy (non-hydrogen) atoms. The number of carbonyl (C=O) groups excluding carboxylic acids is 1. The Balaban J connectivity index is 1.63. The average Bonchev–Trinajstić information content (AvgIpc) is 2.77. The van der Waals surface area contributed by atoms with Gasteiger partial charge in [0.2, 0.25) is 0 Å². The van der Waals surface area contributed by atoms with Crippen LogP contribution in [0.3, 0.4) is 0 Å². The Kier molecular flexibility index (Phi) is 6.81. The summed E-state index contributed by atoms with van der Waals surface area (Å²) in [5, 5.41) is 14.3. The standard InChI is InChI=1S/C24H34N4O4/c1-15-6-8-18(9-7-15)26-23(30)20-21(29)19-5-4-10-25-22(19)28(24(20)31)12-11-27-13-17(3)32-14-16(27)2/h4-5,10,15-18,29H,6-9,11-14H2,1-3H3,(H,26,30)/t15?,16-,17+,18?/m0/s1. The maximum absolute atomic E-state index is 13.4. The summed E-state index contributed by atoms with van der Waals surface area (Å²) in [6.07, 6.45) is 5.63. The Bertz CT molecular complexity index is 1030. The van der Waals surface area contributed by atoms with Crippen LogP contribution in [0.1, 0.15) is 56.8 Å². The lowest BCUT2D eigenvalue weighted by Gasteiger charge is -2.36. The van der Waals surface area contributed by atoms with Crippen LogP contribution in [0.25, 0.3) is 11.0 Å². The number of aromatic nitrogens is 2. The summed E-state index contributed by atoms with van der Waals surface area (Å²) in [5.41, 5.74) is -0.288. The molecule has 0 spiro atoms. The summed E-state index contributed by atoms with van der Waals surface area (Å²) in [7, 11) is 0. The molecule has 1 saturated carbocycles. The number of hydrogen-bond donors (Lipinski definition) is 2. The van der Waals surface area contributed by atoms with Gasteiger partial charge in [-0.05, 0) is 57.6 Å². The van der Waals surface area contributed by atoms with E-state index in [1.165, 1.54) is 4.57 Å². The third-order valence-electron chi connectivity index (χ3n) is 6.92. The van der Waals surface area contributed by atoms with Crippen LogP contribution in [0, 0.1) is 5.92 Å². The number of ether oxygens (including phenoxy) is 1. The maximum Gasteiger partial charge on any atom is 0.268 e. The highest BCUT2D eigenvalue weighted by molar-refractivity contribution is 6.01. The SMILES string of the molecule is CC1CCC(NC(=O)c2c(O)c3cccnc3n(CCN3C[C@@H](C)OC[C@@H]3C)c2=O)CC1. The zero-order valence-electron chi connectivity index (χ0n) is 19.2. The van der Waals surface area contributed by atoms with E-state index in [-0.39, 0.29) is 29.5 Å². The quantitative estimate of drug-likeness (QED) is 0.739. The van der Waals surface area contributed by atoms with Gasteiger partial charge in [-0.2, -0.15) is 0 Å². The summed E-state index contributed by atoms with van der Waals surface area (Å²) in [6.45, 7) is 8.81. The summed E-state index contributed by atoms with van der Waals surface area (Å²) in [5.74, 6) is -0.130. The van der Waals surface area contributed by atoms with E-state index < -0.39 is 11.5 Å². The molecule has 8 nitrogen and oxygen atoms in total. The highest BCUT2D eigenvalue weighted by Gasteiger charge is 2.28. The molecular weight excluding hydrogens is 408 g/mol. The van der Waals surface area contributed by atoms with Gasteiger partial charge in [-0.25, -0.2) is 4.98 Å². The monoisotopic (exact) mass is 442 g/mol. The van der Waals surface area contributed by atoms with Gasteiger partial charge < -0.3 is 15.2 Å². The fourth-order valence-electron chi connectivity index (χ4n) is 4.85. The maximum atomic E-state index is 13.4. The van der Waals surface area contributed by atoms with Crippen molar-refractivity contribution in [2.24, 2.45) is 5.92 Å². The van der Waals surface area contributed by atoms with E-state index in [2.05, 4.69) is 29.0 Å². The number of fused-ring (bicyclic) bond motifs is 1. The molecule has 2 fully saturated rings. The molecule has 1 amide bonds. The van der Waals surface area contributed by atoms with Crippen LogP contribution in [-0.4, -0.2) is 63.3 Å². The molecule has 0 aromatic carbocycles. The third kappa shape index (κ3) is 4.66. The molecule has 0 unspecified atom stereocenters. The predicted octanol–water partition coefficient (Wildman–Crippen LogP) is 2.52. The number of hydrogen-bond acceptors (Lipinski definition) is 6. The molecule has 2 atom stereocenters. The van der Waals surface area contributed by atoms with Crippen LogP contribution >= 0.6 is 0 Å². The van der Waals surface area contributed by atoms with Crippen LogP contribution in [0.15, 0.2) is 23.1 Å². The minimum atomic E-state index is -0.500. The summed E-state index contributed by atoms with van der Waals surface area (Å²) in [4.78, 5) is 33.2. The largest absolute Gasteiger partial charge is 0.506 e. The first-order chi connectivity index (χ1) is 15.3. The number of rotatable bonds is 5.